The molecule has 0 radical (unpaired) electrons. The number of nitrogens with one attached hydrogen (secondary N) is 1. The van der Waals surface area contributed by atoms with E-state index in [-0.39, 0.29) is 12.5 Å². The van der Waals surface area contributed by atoms with Gasteiger partial charge in [-0.1, -0.05) is 35.3 Å². The van der Waals surface area contributed by atoms with E-state index in [9.17, 15) is 4.79 Å². The molecule has 3 rings (SSSR count). The average molecular weight is 424 g/mol. The quantitative estimate of drug-likeness (QED) is 0.585. The second-order valence-electron chi connectivity index (χ2n) is 6.53. The number of thioether (sulfide) groups is 1. The third-order valence-corrected chi connectivity index (χ3v) is 6.26. The van der Waals surface area contributed by atoms with Crippen molar-refractivity contribution >= 4 is 40.9 Å². The zero-order chi connectivity index (χ0) is 19.1. The molecule has 0 bridgehead atoms. The van der Waals surface area contributed by atoms with Crippen molar-refractivity contribution in [3.05, 3.63) is 63.1 Å². The SMILES string of the molecule is O=C(COc1ccc2c(c1)CCCC2)NCCSCc1c(Cl)cccc1Cl. The molecule has 0 heterocycles. The first-order chi connectivity index (χ1) is 13.1. The van der Waals surface area contributed by atoms with Crippen molar-refractivity contribution in [3.8, 4) is 5.75 Å². The number of halogens is 2. The summed E-state index contributed by atoms with van der Waals surface area (Å²) < 4.78 is 5.64. The molecular weight excluding hydrogens is 401 g/mol. The number of hydrogen-bond acceptors (Lipinski definition) is 3. The Hall–Kier alpha value is -1.36. The second kappa shape index (κ2) is 10.3. The molecule has 1 aliphatic rings. The maximum atomic E-state index is 12.0. The number of fused-ring (bicyclic) bond motifs is 1. The van der Waals surface area contributed by atoms with Crippen LogP contribution in [0.25, 0.3) is 0 Å². The van der Waals surface area contributed by atoms with E-state index in [2.05, 4.69) is 17.4 Å². The molecular formula is C21H23Cl2NO2S. The van der Waals surface area contributed by atoms with E-state index in [1.165, 1.54) is 24.0 Å². The predicted molar refractivity (Wildman–Crippen MR) is 114 cm³/mol. The lowest BCUT2D eigenvalue weighted by atomic mass is 9.92. The normalized spacial score (nSPS) is 13.1. The Bertz CT molecular complexity index is 777. The minimum Gasteiger partial charge on any atom is -0.484 e. The Morgan fingerprint density at radius 1 is 1.07 bits per heavy atom. The Balaban J connectivity index is 1.34. The highest BCUT2D eigenvalue weighted by atomic mass is 35.5. The summed E-state index contributed by atoms with van der Waals surface area (Å²) in [6.45, 7) is 0.624. The third-order valence-electron chi connectivity index (χ3n) is 4.57. The predicted octanol–water partition coefficient (Wildman–Crippen LogP) is 5.30. The van der Waals surface area contributed by atoms with Crippen molar-refractivity contribution in [2.24, 2.45) is 0 Å². The van der Waals surface area contributed by atoms with E-state index >= 15 is 0 Å². The number of rotatable bonds is 8. The second-order valence-corrected chi connectivity index (χ2v) is 8.45. The Morgan fingerprint density at radius 3 is 2.59 bits per heavy atom. The molecule has 0 saturated heterocycles. The van der Waals surface area contributed by atoms with Gasteiger partial charge in [-0.05, 0) is 66.6 Å². The standard InChI is InChI=1S/C21H23Cl2NO2S/c22-19-6-3-7-20(23)18(19)14-27-11-10-24-21(25)13-26-17-9-8-15-4-1-2-5-16(15)12-17/h3,6-9,12H,1-2,4-5,10-11,13-14H2,(H,24,25). The monoisotopic (exact) mass is 423 g/mol. The third kappa shape index (κ3) is 6.06. The van der Waals surface area contributed by atoms with Crippen LogP contribution < -0.4 is 10.1 Å². The molecule has 3 nitrogen and oxygen atoms in total. The van der Waals surface area contributed by atoms with Gasteiger partial charge < -0.3 is 10.1 Å². The van der Waals surface area contributed by atoms with Crippen molar-refractivity contribution in [2.45, 2.75) is 31.4 Å². The molecule has 144 valence electrons. The lowest BCUT2D eigenvalue weighted by Gasteiger charge is -2.16. The summed E-state index contributed by atoms with van der Waals surface area (Å²) >= 11 is 14.0. The molecule has 1 aliphatic carbocycles. The fourth-order valence-corrected chi connectivity index (χ4v) is 4.70. The summed E-state index contributed by atoms with van der Waals surface area (Å²) in [6, 6.07) is 11.7. The summed E-state index contributed by atoms with van der Waals surface area (Å²) in [5.74, 6) is 2.17. The summed E-state index contributed by atoms with van der Waals surface area (Å²) in [4.78, 5) is 12.0. The molecule has 0 fully saturated rings. The molecule has 0 unspecified atom stereocenters. The van der Waals surface area contributed by atoms with Crippen molar-refractivity contribution in [1.82, 2.24) is 5.32 Å². The van der Waals surface area contributed by atoms with Crippen molar-refractivity contribution in [1.29, 1.82) is 0 Å². The minimum atomic E-state index is -0.107. The van der Waals surface area contributed by atoms with Gasteiger partial charge in [0.25, 0.3) is 5.91 Å². The average Bonchev–Trinajstić information content (AvgIpc) is 2.68. The zero-order valence-corrected chi connectivity index (χ0v) is 17.4. The highest BCUT2D eigenvalue weighted by Gasteiger charge is 2.11. The maximum Gasteiger partial charge on any atom is 0.257 e. The first-order valence-corrected chi connectivity index (χ1v) is 11.1. The number of hydrogen-bond donors (Lipinski definition) is 1. The molecule has 0 aromatic heterocycles. The van der Waals surface area contributed by atoms with E-state index < -0.39 is 0 Å². The topological polar surface area (TPSA) is 38.3 Å². The van der Waals surface area contributed by atoms with Gasteiger partial charge in [-0.2, -0.15) is 11.8 Å². The van der Waals surface area contributed by atoms with Crippen LogP contribution in [0, 0.1) is 0 Å². The fraction of sp³-hybridized carbons (Fsp3) is 0.381. The van der Waals surface area contributed by atoms with E-state index in [0.717, 1.165) is 35.7 Å². The molecule has 0 atom stereocenters. The number of carbonyl (C=O) groups excluding carboxylic acids is 1. The van der Waals surface area contributed by atoms with Crippen LogP contribution in [0.1, 0.15) is 29.5 Å². The fourth-order valence-electron chi connectivity index (χ4n) is 3.11. The van der Waals surface area contributed by atoms with Gasteiger partial charge in [0.15, 0.2) is 6.61 Å². The summed E-state index contributed by atoms with van der Waals surface area (Å²) in [5.41, 5.74) is 3.70. The van der Waals surface area contributed by atoms with Crippen molar-refractivity contribution in [2.75, 3.05) is 18.9 Å². The van der Waals surface area contributed by atoms with Gasteiger partial charge in [-0.15, -0.1) is 0 Å². The van der Waals surface area contributed by atoms with Crippen LogP contribution in [0.5, 0.6) is 5.75 Å². The molecule has 2 aromatic rings. The van der Waals surface area contributed by atoms with Gasteiger partial charge in [0, 0.05) is 28.1 Å². The van der Waals surface area contributed by atoms with Crippen LogP contribution in [-0.2, 0) is 23.4 Å². The van der Waals surface area contributed by atoms with E-state index in [1.54, 1.807) is 11.8 Å². The zero-order valence-electron chi connectivity index (χ0n) is 15.1. The van der Waals surface area contributed by atoms with Gasteiger partial charge in [0.2, 0.25) is 0 Å². The molecule has 0 saturated carbocycles. The molecule has 0 aliphatic heterocycles. The molecule has 0 spiro atoms. The Kier molecular flexibility index (Phi) is 7.74. The molecule has 2 aromatic carbocycles. The number of ether oxygens (including phenoxy) is 1. The Morgan fingerprint density at radius 2 is 1.81 bits per heavy atom. The first kappa shape index (κ1) is 20.4. The van der Waals surface area contributed by atoms with Crippen LogP contribution in [0.4, 0.5) is 0 Å². The number of amides is 1. The highest BCUT2D eigenvalue weighted by molar-refractivity contribution is 7.98. The number of carbonyl (C=O) groups is 1. The van der Waals surface area contributed by atoms with Crippen molar-refractivity contribution < 1.29 is 9.53 Å². The van der Waals surface area contributed by atoms with E-state index in [4.69, 9.17) is 27.9 Å². The van der Waals surface area contributed by atoms with Gasteiger partial charge >= 0.3 is 0 Å². The summed E-state index contributed by atoms with van der Waals surface area (Å²) in [7, 11) is 0. The van der Waals surface area contributed by atoms with Crippen LogP contribution in [0.15, 0.2) is 36.4 Å². The van der Waals surface area contributed by atoms with E-state index in [1.807, 2.05) is 24.3 Å². The highest BCUT2D eigenvalue weighted by Crippen LogP contribution is 2.28. The largest absolute Gasteiger partial charge is 0.484 e. The molecule has 6 heteroatoms. The van der Waals surface area contributed by atoms with Crippen molar-refractivity contribution in [3.63, 3.8) is 0 Å². The van der Waals surface area contributed by atoms with Gasteiger partial charge in [0.05, 0.1) is 0 Å². The van der Waals surface area contributed by atoms with Crippen LogP contribution >= 0.6 is 35.0 Å². The van der Waals surface area contributed by atoms with Gasteiger partial charge in [-0.3, -0.25) is 4.79 Å². The number of benzene rings is 2. The van der Waals surface area contributed by atoms with Crippen LogP contribution in [-0.4, -0.2) is 24.8 Å². The van der Waals surface area contributed by atoms with Gasteiger partial charge in [0.1, 0.15) is 5.75 Å². The molecule has 27 heavy (non-hydrogen) atoms. The molecule has 1 N–H and O–H groups in total. The minimum absolute atomic E-state index is 0.0415. The smallest absolute Gasteiger partial charge is 0.257 e. The summed E-state index contributed by atoms with van der Waals surface area (Å²) in [6.07, 6.45) is 4.74. The Labute approximate surface area is 174 Å². The van der Waals surface area contributed by atoms with Crippen LogP contribution in [0.3, 0.4) is 0 Å². The lowest BCUT2D eigenvalue weighted by Crippen LogP contribution is -2.30. The molecule has 1 amide bonds. The number of aryl methyl sites for hydroxylation is 2. The summed E-state index contributed by atoms with van der Waals surface area (Å²) in [5, 5.41) is 4.24. The van der Waals surface area contributed by atoms with Gasteiger partial charge in [-0.25, -0.2) is 0 Å². The van der Waals surface area contributed by atoms with Crippen LogP contribution in [0.2, 0.25) is 10.0 Å². The maximum absolute atomic E-state index is 12.0. The first-order valence-electron chi connectivity index (χ1n) is 9.15. The van der Waals surface area contributed by atoms with E-state index in [0.29, 0.717) is 16.6 Å². The lowest BCUT2D eigenvalue weighted by molar-refractivity contribution is -0.122.